The zero-order valence-corrected chi connectivity index (χ0v) is 12.7. The van der Waals surface area contributed by atoms with E-state index in [4.69, 9.17) is 16.3 Å². The van der Waals surface area contributed by atoms with Crippen molar-refractivity contribution in [2.45, 2.75) is 25.4 Å². The van der Waals surface area contributed by atoms with Crippen LogP contribution in [-0.2, 0) is 4.74 Å². The first-order valence-corrected chi connectivity index (χ1v) is 7.63. The lowest BCUT2D eigenvalue weighted by atomic mass is 10.1. The predicted molar refractivity (Wildman–Crippen MR) is 81.9 cm³/mol. The Morgan fingerprint density at radius 2 is 2.19 bits per heavy atom. The van der Waals surface area contributed by atoms with Crippen LogP contribution in [0.15, 0.2) is 18.2 Å². The summed E-state index contributed by atoms with van der Waals surface area (Å²) in [6.07, 6.45) is 3.17. The number of piperidine rings is 1. The monoisotopic (exact) mass is 312 g/mol. The minimum atomic E-state index is -0.322. The van der Waals surface area contributed by atoms with Gasteiger partial charge >= 0.3 is 0 Å². The predicted octanol–water partition coefficient (Wildman–Crippen LogP) is 1.93. The van der Waals surface area contributed by atoms with E-state index in [2.05, 4.69) is 10.6 Å². The average Bonchev–Trinajstić information content (AvgIpc) is 2.50. The van der Waals surface area contributed by atoms with E-state index < -0.39 is 0 Å². The van der Waals surface area contributed by atoms with Gasteiger partial charge in [-0.3, -0.25) is 4.79 Å². The second-order valence-corrected chi connectivity index (χ2v) is 5.53. The van der Waals surface area contributed by atoms with Gasteiger partial charge in [0.25, 0.3) is 5.91 Å². The highest BCUT2D eigenvalue weighted by Crippen LogP contribution is 2.21. The summed E-state index contributed by atoms with van der Waals surface area (Å²) in [7, 11) is 0. The molecule has 116 valence electrons. The smallest absolute Gasteiger partial charge is 0.255 e. The maximum atomic E-state index is 11.9. The normalized spacial score (nSPS) is 15.9. The van der Waals surface area contributed by atoms with Crippen molar-refractivity contribution in [2.24, 2.45) is 0 Å². The van der Waals surface area contributed by atoms with E-state index in [-0.39, 0.29) is 17.2 Å². The van der Waals surface area contributed by atoms with E-state index >= 15 is 0 Å². The van der Waals surface area contributed by atoms with Gasteiger partial charge in [0.15, 0.2) is 0 Å². The minimum Gasteiger partial charge on any atom is -0.507 e. The van der Waals surface area contributed by atoms with Gasteiger partial charge in [0.05, 0.1) is 11.7 Å². The van der Waals surface area contributed by atoms with E-state index in [1.165, 1.54) is 12.1 Å². The Bertz CT molecular complexity index is 476. The number of ether oxygens (including phenoxy) is 1. The number of phenolic OH excluding ortho intramolecular Hbond substituents is 1. The molecule has 3 N–H and O–H groups in total. The Morgan fingerprint density at radius 1 is 1.43 bits per heavy atom. The summed E-state index contributed by atoms with van der Waals surface area (Å²) < 4.78 is 5.75. The van der Waals surface area contributed by atoms with Gasteiger partial charge < -0.3 is 20.5 Å². The molecule has 0 atom stereocenters. The first kappa shape index (κ1) is 16.1. The van der Waals surface area contributed by atoms with Gasteiger partial charge in [-0.1, -0.05) is 11.6 Å². The molecule has 6 heteroatoms. The molecular formula is C15H21ClN2O3. The molecule has 21 heavy (non-hydrogen) atoms. The molecule has 1 saturated heterocycles. The lowest BCUT2D eigenvalue weighted by molar-refractivity contribution is 0.0318. The number of aromatic hydroxyl groups is 1. The SMILES string of the molecule is O=C(NCCCOC1CCNCC1)c1cc(Cl)ccc1O. The van der Waals surface area contributed by atoms with Gasteiger partial charge in [-0.15, -0.1) is 0 Å². The zero-order valence-electron chi connectivity index (χ0n) is 11.9. The fourth-order valence-corrected chi connectivity index (χ4v) is 2.44. The van der Waals surface area contributed by atoms with Crippen LogP contribution in [0.25, 0.3) is 0 Å². The fraction of sp³-hybridized carbons (Fsp3) is 0.533. The van der Waals surface area contributed by atoms with Crippen molar-refractivity contribution < 1.29 is 14.6 Å². The van der Waals surface area contributed by atoms with Gasteiger partial charge in [0.1, 0.15) is 5.75 Å². The third kappa shape index (κ3) is 5.19. The molecule has 0 bridgehead atoms. The van der Waals surface area contributed by atoms with Crippen molar-refractivity contribution in [2.75, 3.05) is 26.2 Å². The summed E-state index contributed by atoms with van der Waals surface area (Å²) in [4.78, 5) is 11.9. The van der Waals surface area contributed by atoms with Gasteiger partial charge in [0.2, 0.25) is 0 Å². The first-order chi connectivity index (χ1) is 10.2. The average molecular weight is 313 g/mol. The zero-order chi connectivity index (χ0) is 15.1. The molecule has 1 heterocycles. The first-order valence-electron chi connectivity index (χ1n) is 7.26. The molecule has 2 rings (SSSR count). The van der Waals surface area contributed by atoms with Crippen LogP contribution in [0, 0.1) is 0 Å². The summed E-state index contributed by atoms with van der Waals surface area (Å²) in [5.41, 5.74) is 0.196. The molecule has 1 amide bonds. The van der Waals surface area contributed by atoms with Gasteiger partial charge in [-0.2, -0.15) is 0 Å². The summed E-state index contributed by atoms with van der Waals surface area (Å²) in [6, 6.07) is 4.41. The number of benzene rings is 1. The molecule has 5 nitrogen and oxygen atoms in total. The number of nitrogens with one attached hydrogen (secondary N) is 2. The van der Waals surface area contributed by atoms with Crippen LogP contribution >= 0.6 is 11.6 Å². The maximum Gasteiger partial charge on any atom is 0.255 e. The number of hydrogen-bond donors (Lipinski definition) is 3. The molecule has 1 aliphatic rings. The Hall–Kier alpha value is -1.30. The molecule has 0 aromatic heterocycles. The van der Waals surface area contributed by atoms with E-state index in [0.717, 1.165) is 32.4 Å². The number of rotatable bonds is 6. The van der Waals surface area contributed by atoms with Crippen LogP contribution < -0.4 is 10.6 Å². The quantitative estimate of drug-likeness (QED) is 0.702. The topological polar surface area (TPSA) is 70.6 Å². The Labute approximate surface area is 129 Å². The van der Waals surface area contributed by atoms with Gasteiger partial charge in [-0.05, 0) is 50.6 Å². The molecule has 1 aliphatic heterocycles. The number of carbonyl (C=O) groups excluding carboxylic acids is 1. The Kier molecular flexibility index (Phi) is 6.29. The summed E-state index contributed by atoms with van der Waals surface area (Å²) >= 11 is 5.81. The number of phenols is 1. The van der Waals surface area contributed by atoms with Crippen LogP contribution in [0.5, 0.6) is 5.75 Å². The highest BCUT2D eigenvalue weighted by atomic mass is 35.5. The van der Waals surface area contributed by atoms with Crippen molar-refractivity contribution in [1.82, 2.24) is 10.6 Å². The lowest BCUT2D eigenvalue weighted by Crippen LogP contribution is -2.33. The summed E-state index contributed by atoms with van der Waals surface area (Å²) in [5, 5.41) is 16.1. The summed E-state index contributed by atoms with van der Waals surface area (Å²) in [5.74, 6) is -0.389. The lowest BCUT2D eigenvalue weighted by Gasteiger charge is -2.22. The van der Waals surface area contributed by atoms with E-state index in [0.29, 0.717) is 24.3 Å². The molecule has 0 aliphatic carbocycles. The fourth-order valence-electron chi connectivity index (χ4n) is 2.27. The molecule has 0 saturated carbocycles. The standard InChI is InChI=1S/C15H21ClN2O3/c16-11-2-3-14(19)13(10-11)15(20)18-6-1-9-21-12-4-7-17-8-5-12/h2-3,10,12,17,19H,1,4-9H2,(H,18,20). The number of halogens is 1. The van der Waals surface area contributed by atoms with E-state index in [9.17, 15) is 9.90 Å². The molecule has 1 fully saturated rings. The molecular weight excluding hydrogens is 292 g/mol. The largest absolute Gasteiger partial charge is 0.507 e. The second-order valence-electron chi connectivity index (χ2n) is 5.09. The number of amides is 1. The summed E-state index contributed by atoms with van der Waals surface area (Å²) in [6.45, 7) is 3.16. The van der Waals surface area contributed by atoms with Crippen molar-refractivity contribution in [3.05, 3.63) is 28.8 Å². The maximum absolute atomic E-state index is 11.9. The second kappa shape index (κ2) is 8.22. The Morgan fingerprint density at radius 3 is 2.95 bits per heavy atom. The van der Waals surface area contributed by atoms with Crippen LogP contribution in [0.4, 0.5) is 0 Å². The molecule has 0 spiro atoms. The minimum absolute atomic E-state index is 0.0668. The van der Waals surface area contributed by atoms with Crippen LogP contribution in [0.2, 0.25) is 5.02 Å². The van der Waals surface area contributed by atoms with Crippen LogP contribution in [-0.4, -0.2) is 43.4 Å². The third-order valence-electron chi connectivity index (χ3n) is 3.45. The van der Waals surface area contributed by atoms with Crippen LogP contribution in [0.3, 0.4) is 0 Å². The van der Waals surface area contributed by atoms with Crippen molar-refractivity contribution >= 4 is 17.5 Å². The molecule has 1 aromatic rings. The molecule has 0 radical (unpaired) electrons. The number of hydrogen-bond acceptors (Lipinski definition) is 4. The highest BCUT2D eigenvalue weighted by Gasteiger charge is 2.13. The molecule has 1 aromatic carbocycles. The highest BCUT2D eigenvalue weighted by molar-refractivity contribution is 6.31. The van der Waals surface area contributed by atoms with E-state index in [1.54, 1.807) is 6.07 Å². The third-order valence-corrected chi connectivity index (χ3v) is 3.68. The Balaban J connectivity index is 1.66. The van der Waals surface area contributed by atoms with Crippen LogP contribution in [0.1, 0.15) is 29.6 Å². The van der Waals surface area contributed by atoms with Crippen molar-refractivity contribution in [3.8, 4) is 5.75 Å². The molecule has 0 unspecified atom stereocenters. The number of carbonyl (C=O) groups is 1. The van der Waals surface area contributed by atoms with Gasteiger partial charge in [-0.25, -0.2) is 0 Å². The van der Waals surface area contributed by atoms with Crippen molar-refractivity contribution in [3.63, 3.8) is 0 Å². The van der Waals surface area contributed by atoms with Crippen molar-refractivity contribution in [1.29, 1.82) is 0 Å². The van der Waals surface area contributed by atoms with E-state index in [1.807, 2.05) is 0 Å². The van der Waals surface area contributed by atoms with Gasteiger partial charge in [0, 0.05) is 18.2 Å².